The zero-order valence-corrected chi connectivity index (χ0v) is 16.7. The Morgan fingerprint density at radius 3 is 2.79 bits per heavy atom. The second-order valence-corrected chi connectivity index (χ2v) is 9.15. The minimum Gasteiger partial charge on any atom is -0.437 e. The quantitative estimate of drug-likeness (QED) is 0.321. The topological polar surface area (TPSA) is 38.9 Å². The van der Waals surface area contributed by atoms with Crippen LogP contribution in [0.5, 0.6) is 0 Å². The van der Waals surface area contributed by atoms with Gasteiger partial charge in [-0.15, -0.1) is 11.3 Å². The van der Waals surface area contributed by atoms with Crippen molar-refractivity contribution in [3.05, 3.63) is 59.1 Å². The summed E-state index contributed by atoms with van der Waals surface area (Å²) in [6, 6.07) is 15.1. The Hall–Kier alpha value is -2.72. The summed E-state index contributed by atoms with van der Waals surface area (Å²) < 4.78 is 37.5. The number of benzene rings is 1. The third-order valence-corrected chi connectivity index (χ3v) is 5.61. The first kappa shape index (κ1) is 13.5. The molecule has 0 saturated heterocycles. The molecule has 0 aliphatic rings. The molecule has 4 aromatic heterocycles. The molecule has 0 N–H and O–H groups in total. The average Bonchev–Trinajstić information content (AvgIpc) is 3.31. The SMILES string of the molecule is [2H]C(c1cc2ccc(-c3cccc4c3oc3nc(C([2H])([2H])[2H])ccc34)nc2s1)C(C)(C)C. The largest absolute Gasteiger partial charge is 0.437 e. The Morgan fingerprint density at radius 2 is 1.96 bits per heavy atom. The molecule has 3 nitrogen and oxygen atoms in total. The van der Waals surface area contributed by atoms with Crippen molar-refractivity contribution in [3.8, 4) is 11.3 Å². The number of hydrogen-bond acceptors (Lipinski definition) is 4. The number of aryl methyl sites for hydroxylation is 1. The minimum atomic E-state index is -2.29. The molecule has 1 aromatic carbocycles. The summed E-state index contributed by atoms with van der Waals surface area (Å²) >= 11 is 1.55. The number of thiophene rings is 1. The first-order valence-electron chi connectivity index (χ1n) is 11.3. The van der Waals surface area contributed by atoms with Crippen molar-refractivity contribution >= 4 is 43.6 Å². The first-order chi connectivity index (χ1) is 15.0. The first-order valence-corrected chi connectivity index (χ1v) is 10.00. The highest BCUT2D eigenvalue weighted by molar-refractivity contribution is 7.18. The summed E-state index contributed by atoms with van der Waals surface area (Å²) in [6.07, 6.45) is -0.317. The second kappa shape index (κ2) is 6.14. The van der Waals surface area contributed by atoms with Gasteiger partial charge in [-0.25, -0.2) is 9.97 Å². The number of hydrogen-bond donors (Lipinski definition) is 0. The van der Waals surface area contributed by atoms with Gasteiger partial charge < -0.3 is 4.42 Å². The van der Waals surface area contributed by atoms with E-state index < -0.39 is 6.85 Å². The molecule has 5 aromatic rings. The molecule has 0 bridgehead atoms. The number of aromatic nitrogens is 2. The maximum Gasteiger partial charge on any atom is 0.227 e. The van der Waals surface area contributed by atoms with Crippen molar-refractivity contribution in [2.24, 2.45) is 5.41 Å². The number of rotatable bonds is 2. The van der Waals surface area contributed by atoms with Crippen molar-refractivity contribution < 1.29 is 9.90 Å². The van der Waals surface area contributed by atoms with E-state index in [1.165, 1.54) is 6.07 Å². The van der Waals surface area contributed by atoms with Crippen molar-refractivity contribution in [1.29, 1.82) is 0 Å². The fraction of sp³-hybridized carbons (Fsp3) is 0.250. The van der Waals surface area contributed by atoms with Crippen LogP contribution in [-0.2, 0) is 6.40 Å². The molecule has 0 amide bonds. The monoisotopic (exact) mass is 390 g/mol. The van der Waals surface area contributed by atoms with Crippen LogP contribution < -0.4 is 0 Å². The van der Waals surface area contributed by atoms with Gasteiger partial charge in [0.25, 0.3) is 0 Å². The Kier molecular flexibility index (Phi) is 2.95. The smallest absolute Gasteiger partial charge is 0.227 e. The highest BCUT2D eigenvalue weighted by Crippen LogP contribution is 2.36. The molecule has 28 heavy (non-hydrogen) atoms. The van der Waals surface area contributed by atoms with Gasteiger partial charge in [-0.2, -0.15) is 0 Å². The predicted octanol–water partition coefficient (Wildman–Crippen LogP) is 7.15. The van der Waals surface area contributed by atoms with E-state index in [1.807, 2.05) is 30.3 Å². The lowest BCUT2D eigenvalue weighted by Gasteiger charge is -2.15. The van der Waals surface area contributed by atoms with Gasteiger partial charge in [-0.05, 0) is 55.1 Å². The van der Waals surface area contributed by atoms with Crippen molar-refractivity contribution in [3.63, 3.8) is 0 Å². The zero-order chi connectivity index (χ0) is 22.8. The number of fused-ring (bicyclic) bond motifs is 4. The van der Waals surface area contributed by atoms with Gasteiger partial charge in [0.15, 0.2) is 0 Å². The van der Waals surface area contributed by atoms with Crippen molar-refractivity contribution in [2.45, 2.75) is 34.0 Å². The maximum absolute atomic E-state index is 8.57. The molecule has 0 radical (unpaired) electrons. The van der Waals surface area contributed by atoms with E-state index >= 15 is 0 Å². The van der Waals surface area contributed by atoms with Gasteiger partial charge in [0.05, 0.1) is 5.69 Å². The van der Waals surface area contributed by atoms with Crippen LogP contribution in [0.4, 0.5) is 0 Å². The summed E-state index contributed by atoms with van der Waals surface area (Å²) in [5, 5.41) is 2.67. The third-order valence-electron chi connectivity index (χ3n) is 4.62. The van der Waals surface area contributed by atoms with Gasteiger partial charge in [-0.1, -0.05) is 32.9 Å². The molecule has 1 atom stereocenters. The average molecular weight is 391 g/mol. The molecule has 140 valence electrons. The molecule has 1 unspecified atom stereocenters. The van der Waals surface area contributed by atoms with Crippen LogP contribution in [0.3, 0.4) is 0 Å². The maximum atomic E-state index is 8.57. The van der Waals surface area contributed by atoms with Crippen LogP contribution in [0.1, 0.15) is 36.8 Å². The lowest BCUT2D eigenvalue weighted by molar-refractivity contribution is 0.415. The highest BCUT2D eigenvalue weighted by atomic mass is 32.1. The van der Waals surface area contributed by atoms with E-state index in [4.69, 9.17) is 14.9 Å². The fourth-order valence-electron chi connectivity index (χ4n) is 3.47. The molecule has 0 aliphatic heterocycles. The number of furan rings is 1. The molecule has 5 rings (SSSR count). The van der Waals surface area contributed by atoms with Gasteiger partial charge in [-0.3, -0.25) is 0 Å². The van der Waals surface area contributed by atoms with Crippen LogP contribution >= 0.6 is 11.3 Å². The summed E-state index contributed by atoms with van der Waals surface area (Å²) in [4.78, 5) is 11.0. The van der Waals surface area contributed by atoms with Crippen molar-refractivity contribution in [2.75, 3.05) is 0 Å². The molecule has 0 aliphatic carbocycles. The normalized spacial score (nSPS) is 16.1. The second-order valence-electron chi connectivity index (χ2n) is 8.08. The number of pyridine rings is 2. The molecule has 4 heterocycles. The lowest BCUT2D eigenvalue weighted by Crippen LogP contribution is -2.07. The van der Waals surface area contributed by atoms with Crippen LogP contribution in [0.2, 0.25) is 0 Å². The summed E-state index contributed by atoms with van der Waals surface area (Å²) in [6.45, 7) is 3.92. The molecule has 0 saturated carbocycles. The zero-order valence-electron chi connectivity index (χ0n) is 19.9. The highest BCUT2D eigenvalue weighted by Gasteiger charge is 2.16. The van der Waals surface area contributed by atoms with Gasteiger partial charge in [0, 0.05) is 37.8 Å². The lowest BCUT2D eigenvalue weighted by atomic mass is 9.91. The number of nitrogens with zero attached hydrogens (tertiary/aromatic N) is 2. The van der Waals surface area contributed by atoms with E-state index in [-0.39, 0.29) is 17.5 Å². The summed E-state index contributed by atoms with van der Waals surface area (Å²) in [7, 11) is 0. The van der Waals surface area contributed by atoms with Gasteiger partial charge in [0.2, 0.25) is 5.71 Å². The molecular formula is C24H22N2OS. The van der Waals surface area contributed by atoms with E-state index in [0.717, 1.165) is 37.1 Å². The van der Waals surface area contributed by atoms with Crippen LogP contribution in [0, 0.1) is 12.3 Å². The molecule has 4 heteroatoms. The Balaban J connectivity index is 1.65. The Bertz CT molecular complexity index is 1480. The van der Waals surface area contributed by atoms with Crippen molar-refractivity contribution in [1.82, 2.24) is 9.97 Å². The predicted molar refractivity (Wildman–Crippen MR) is 118 cm³/mol. The van der Waals surface area contributed by atoms with E-state index in [9.17, 15) is 0 Å². The van der Waals surface area contributed by atoms with E-state index in [0.29, 0.717) is 11.3 Å². The Morgan fingerprint density at radius 1 is 1.07 bits per heavy atom. The van der Waals surface area contributed by atoms with E-state index in [1.54, 1.807) is 17.4 Å². The van der Waals surface area contributed by atoms with Gasteiger partial charge in [0.1, 0.15) is 10.4 Å². The summed E-state index contributed by atoms with van der Waals surface area (Å²) in [5.41, 5.74) is 2.40. The molecule has 0 fully saturated rings. The van der Waals surface area contributed by atoms with Crippen LogP contribution in [-0.4, -0.2) is 9.97 Å². The molecular weight excluding hydrogens is 364 g/mol. The standard InChI is InChI=1S/C24H22N2OS/c1-14-8-10-18-17-6-5-7-19(21(17)27-22(18)25-14)20-11-9-15-12-16(13-24(2,3)4)28-23(15)26-20/h5-12H,13H2,1-4H3/i1D3,13D. The van der Waals surface area contributed by atoms with Crippen LogP contribution in [0.25, 0.3) is 43.5 Å². The Labute approximate surface area is 173 Å². The molecule has 0 spiro atoms. The summed E-state index contributed by atoms with van der Waals surface area (Å²) in [5.74, 6) is 0. The fourth-order valence-corrected chi connectivity index (χ4v) is 4.68. The van der Waals surface area contributed by atoms with E-state index in [2.05, 4.69) is 31.8 Å². The number of para-hydroxylation sites is 1. The minimum absolute atomic E-state index is 0.0139. The third kappa shape index (κ3) is 2.98. The van der Waals surface area contributed by atoms with Gasteiger partial charge >= 0.3 is 0 Å². The van der Waals surface area contributed by atoms with Crippen LogP contribution in [0.15, 0.2) is 52.9 Å².